The molecule has 1 heterocycles. The molecule has 2 rings (SSSR count). The normalized spacial score (nSPS) is 10.5. The molecule has 21 heavy (non-hydrogen) atoms. The van der Waals surface area contributed by atoms with Crippen LogP contribution in [0, 0.1) is 12.7 Å². The van der Waals surface area contributed by atoms with Gasteiger partial charge in [0, 0.05) is 30.5 Å². The van der Waals surface area contributed by atoms with Crippen LogP contribution in [0.1, 0.15) is 18.2 Å². The summed E-state index contributed by atoms with van der Waals surface area (Å²) >= 11 is 10.9. The van der Waals surface area contributed by atoms with Gasteiger partial charge in [-0.2, -0.15) is 5.10 Å². The van der Waals surface area contributed by atoms with Crippen molar-refractivity contribution in [3.63, 3.8) is 0 Å². The molecule has 0 bridgehead atoms. The highest BCUT2D eigenvalue weighted by Crippen LogP contribution is 2.19. The van der Waals surface area contributed by atoms with Crippen LogP contribution in [0.3, 0.4) is 0 Å². The first-order chi connectivity index (χ1) is 9.99. The van der Waals surface area contributed by atoms with Gasteiger partial charge in [-0.05, 0) is 44.3 Å². The van der Waals surface area contributed by atoms with Crippen LogP contribution >= 0.6 is 23.8 Å². The standard InChI is InChI=1S/C14H16ClFN4S/c1-3-20-8-10(9(2)19-20)7-17-14(21)18-11-4-5-13(16)12(15)6-11/h4-6,8H,3,7H2,1-2H3,(H2,17,18,21). The topological polar surface area (TPSA) is 41.9 Å². The molecule has 0 atom stereocenters. The Labute approximate surface area is 133 Å². The average molecular weight is 327 g/mol. The molecule has 2 aromatic rings. The van der Waals surface area contributed by atoms with Crippen LogP contribution in [-0.4, -0.2) is 14.9 Å². The average Bonchev–Trinajstić information content (AvgIpc) is 2.81. The smallest absolute Gasteiger partial charge is 0.171 e. The Morgan fingerprint density at radius 2 is 2.24 bits per heavy atom. The molecular weight excluding hydrogens is 311 g/mol. The zero-order valence-corrected chi connectivity index (χ0v) is 13.4. The Bertz CT molecular complexity index is 656. The van der Waals surface area contributed by atoms with E-state index in [1.807, 2.05) is 24.7 Å². The number of thiocarbonyl (C=S) groups is 1. The number of hydrogen-bond acceptors (Lipinski definition) is 2. The second kappa shape index (κ2) is 6.87. The predicted octanol–water partition coefficient (Wildman–Crippen LogP) is 3.49. The molecule has 1 aromatic heterocycles. The summed E-state index contributed by atoms with van der Waals surface area (Å²) < 4.78 is 14.9. The van der Waals surface area contributed by atoms with Crippen molar-refractivity contribution in [3.8, 4) is 0 Å². The largest absolute Gasteiger partial charge is 0.358 e. The first-order valence-corrected chi connectivity index (χ1v) is 7.31. The van der Waals surface area contributed by atoms with Gasteiger partial charge in [0.15, 0.2) is 5.11 Å². The van der Waals surface area contributed by atoms with E-state index in [9.17, 15) is 4.39 Å². The fourth-order valence-corrected chi connectivity index (χ4v) is 2.19. The Morgan fingerprint density at radius 1 is 1.48 bits per heavy atom. The maximum Gasteiger partial charge on any atom is 0.171 e. The van der Waals surface area contributed by atoms with Crippen LogP contribution in [-0.2, 0) is 13.1 Å². The highest BCUT2D eigenvalue weighted by atomic mass is 35.5. The van der Waals surface area contributed by atoms with Gasteiger partial charge in [0.05, 0.1) is 10.7 Å². The first kappa shape index (κ1) is 15.7. The molecule has 112 valence electrons. The quantitative estimate of drug-likeness (QED) is 0.844. The van der Waals surface area contributed by atoms with Crippen molar-refractivity contribution in [3.05, 3.63) is 46.5 Å². The SMILES string of the molecule is CCn1cc(CNC(=S)Nc2ccc(F)c(Cl)c2)c(C)n1. The molecule has 4 nitrogen and oxygen atoms in total. The van der Waals surface area contributed by atoms with Crippen molar-refractivity contribution in [1.82, 2.24) is 15.1 Å². The molecule has 0 saturated carbocycles. The van der Waals surface area contributed by atoms with E-state index in [0.29, 0.717) is 17.3 Å². The van der Waals surface area contributed by atoms with E-state index in [2.05, 4.69) is 15.7 Å². The summed E-state index contributed by atoms with van der Waals surface area (Å²) in [4.78, 5) is 0. The second-order valence-corrected chi connectivity index (χ2v) is 5.35. The molecule has 7 heteroatoms. The van der Waals surface area contributed by atoms with Crippen LogP contribution in [0.4, 0.5) is 10.1 Å². The van der Waals surface area contributed by atoms with Crippen molar-refractivity contribution in [2.75, 3.05) is 5.32 Å². The zero-order chi connectivity index (χ0) is 15.4. The molecule has 0 radical (unpaired) electrons. The fourth-order valence-electron chi connectivity index (χ4n) is 1.82. The highest BCUT2D eigenvalue weighted by molar-refractivity contribution is 7.80. The molecule has 1 aromatic carbocycles. The van der Waals surface area contributed by atoms with Gasteiger partial charge in [-0.3, -0.25) is 4.68 Å². The molecule has 0 aliphatic rings. The van der Waals surface area contributed by atoms with Gasteiger partial charge in [-0.1, -0.05) is 11.6 Å². The van der Waals surface area contributed by atoms with Crippen molar-refractivity contribution < 1.29 is 4.39 Å². The van der Waals surface area contributed by atoms with E-state index in [4.69, 9.17) is 23.8 Å². The van der Waals surface area contributed by atoms with Crippen molar-refractivity contribution in [1.29, 1.82) is 0 Å². The Balaban J connectivity index is 1.92. The fraction of sp³-hybridized carbons (Fsp3) is 0.286. The molecule has 0 unspecified atom stereocenters. The van der Waals surface area contributed by atoms with Crippen LogP contribution < -0.4 is 10.6 Å². The number of nitrogens with zero attached hydrogens (tertiary/aromatic N) is 2. The summed E-state index contributed by atoms with van der Waals surface area (Å²) in [5.41, 5.74) is 2.69. The van der Waals surface area contributed by atoms with Gasteiger partial charge in [0.2, 0.25) is 0 Å². The van der Waals surface area contributed by atoms with Gasteiger partial charge in [-0.15, -0.1) is 0 Å². The van der Waals surface area contributed by atoms with Gasteiger partial charge >= 0.3 is 0 Å². The van der Waals surface area contributed by atoms with E-state index < -0.39 is 5.82 Å². The van der Waals surface area contributed by atoms with Crippen LogP contribution in [0.5, 0.6) is 0 Å². The number of aryl methyl sites for hydroxylation is 2. The summed E-state index contributed by atoms with van der Waals surface area (Å²) in [6.45, 7) is 5.40. The number of anilines is 1. The third kappa shape index (κ3) is 4.15. The maximum absolute atomic E-state index is 13.1. The molecule has 0 spiro atoms. The molecule has 0 saturated heterocycles. The third-order valence-corrected chi connectivity index (χ3v) is 3.52. The number of halogens is 2. The molecule has 0 fully saturated rings. The number of aromatic nitrogens is 2. The van der Waals surface area contributed by atoms with Gasteiger partial charge in [0.25, 0.3) is 0 Å². The molecule has 2 N–H and O–H groups in total. The number of rotatable bonds is 4. The molecule has 0 aliphatic heterocycles. The van der Waals surface area contributed by atoms with E-state index in [1.165, 1.54) is 12.1 Å². The Morgan fingerprint density at radius 3 is 2.86 bits per heavy atom. The lowest BCUT2D eigenvalue weighted by Crippen LogP contribution is -2.28. The van der Waals surface area contributed by atoms with E-state index in [0.717, 1.165) is 17.8 Å². The van der Waals surface area contributed by atoms with Gasteiger partial charge in [0.1, 0.15) is 5.82 Å². The van der Waals surface area contributed by atoms with E-state index in [1.54, 1.807) is 6.07 Å². The van der Waals surface area contributed by atoms with Crippen LogP contribution in [0.25, 0.3) is 0 Å². The van der Waals surface area contributed by atoms with Crippen LogP contribution in [0.2, 0.25) is 5.02 Å². The van der Waals surface area contributed by atoms with E-state index in [-0.39, 0.29) is 5.02 Å². The minimum atomic E-state index is -0.455. The summed E-state index contributed by atoms with van der Waals surface area (Å²) in [6, 6.07) is 4.36. The lowest BCUT2D eigenvalue weighted by atomic mass is 10.2. The minimum absolute atomic E-state index is 0.0582. The molecule has 0 amide bonds. The summed E-state index contributed by atoms with van der Waals surface area (Å²) in [5, 5.41) is 10.9. The number of benzene rings is 1. The van der Waals surface area contributed by atoms with Gasteiger partial charge in [-0.25, -0.2) is 4.39 Å². The minimum Gasteiger partial charge on any atom is -0.358 e. The lowest BCUT2D eigenvalue weighted by Gasteiger charge is -2.10. The molecular formula is C14H16ClFN4S. The van der Waals surface area contributed by atoms with Crippen molar-refractivity contribution in [2.24, 2.45) is 0 Å². The Kier molecular flexibility index (Phi) is 5.14. The monoisotopic (exact) mass is 326 g/mol. The summed E-state index contributed by atoms with van der Waals surface area (Å²) in [7, 11) is 0. The van der Waals surface area contributed by atoms with E-state index >= 15 is 0 Å². The predicted molar refractivity (Wildman–Crippen MR) is 87.1 cm³/mol. The maximum atomic E-state index is 13.1. The number of hydrogen-bond donors (Lipinski definition) is 2. The summed E-state index contributed by atoms with van der Waals surface area (Å²) in [5.74, 6) is -0.455. The molecule has 0 aliphatic carbocycles. The van der Waals surface area contributed by atoms with Crippen molar-refractivity contribution >= 4 is 34.6 Å². The Hall–Kier alpha value is -1.66. The van der Waals surface area contributed by atoms with Crippen molar-refractivity contribution in [2.45, 2.75) is 26.9 Å². The highest BCUT2D eigenvalue weighted by Gasteiger charge is 2.06. The number of nitrogens with one attached hydrogen (secondary N) is 2. The first-order valence-electron chi connectivity index (χ1n) is 6.52. The zero-order valence-electron chi connectivity index (χ0n) is 11.8. The summed E-state index contributed by atoms with van der Waals surface area (Å²) in [6.07, 6.45) is 1.99. The van der Waals surface area contributed by atoms with Gasteiger partial charge < -0.3 is 10.6 Å². The third-order valence-electron chi connectivity index (χ3n) is 2.99. The van der Waals surface area contributed by atoms with Crippen LogP contribution in [0.15, 0.2) is 24.4 Å². The lowest BCUT2D eigenvalue weighted by molar-refractivity contribution is 0.628. The second-order valence-electron chi connectivity index (χ2n) is 4.53.